The van der Waals surface area contributed by atoms with Crippen molar-refractivity contribution in [3.8, 4) is 0 Å². The van der Waals surface area contributed by atoms with Gasteiger partial charge >= 0.3 is 0 Å². The number of nitrogens with zero attached hydrogens (tertiary/aromatic N) is 3. The van der Waals surface area contributed by atoms with Crippen LogP contribution < -0.4 is 0 Å². The van der Waals surface area contributed by atoms with Gasteiger partial charge in [0.2, 0.25) is 5.91 Å². The third-order valence-electron chi connectivity index (χ3n) is 6.21. The first-order valence-corrected chi connectivity index (χ1v) is 10.1. The molecule has 1 spiro atoms. The lowest BCUT2D eigenvalue weighted by molar-refractivity contribution is -0.134. The van der Waals surface area contributed by atoms with Gasteiger partial charge in [-0.3, -0.25) is 4.79 Å². The van der Waals surface area contributed by atoms with Crippen molar-refractivity contribution < 1.29 is 19.3 Å². The molecule has 1 N–H and O–H groups in total. The summed E-state index contributed by atoms with van der Waals surface area (Å²) in [6.07, 6.45) is 5.13. The number of aliphatic hydroxyl groups is 1. The molecule has 1 saturated heterocycles. The zero-order valence-corrected chi connectivity index (χ0v) is 16.4. The van der Waals surface area contributed by atoms with Crippen LogP contribution in [0.3, 0.4) is 0 Å². The SMILES string of the molecule is Cc1cc([C@@H](C(=O)N2C[C@H](O)C[C@H]2C2=NOC3(CCCC3)C2)C(C)C)on1. The fraction of sp³-hybridized carbons (Fsp3) is 0.750. The van der Waals surface area contributed by atoms with E-state index in [1.807, 2.05) is 26.8 Å². The van der Waals surface area contributed by atoms with E-state index in [2.05, 4.69) is 10.3 Å². The Morgan fingerprint density at radius 3 is 2.74 bits per heavy atom. The normalized spacial score (nSPS) is 28.0. The smallest absolute Gasteiger partial charge is 0.234 e. The first kappa shape index (κ1) is 18.5. The Balaban J connectivity index is 1.56. The quantitative estimate of drug-likeness (QED) is 0.874. The van der Waals surface area contributed by atoms with Gasteiger partial charge in [-0.05, 0) is 38.5 Å². The van der Waals surface area contributed by atoms with E-state index in [0.29, 0.717) is 18.7 Å². The van der Waals surface area contributed by atoms with Crippen LogP contribution in [0.1, 0.15) is 69.7 Å². The van der Waals surface area contributed by atoms with Gasteiger partial charge in [0.25, 0.3) is 0 Å². The van der Waals surface area contributed by atoms with Crippen LogP contribution in [0, 0.1) is 12.8 Å². The number of carbonyl (C=O) groups is 1. The van der Waals surface area contributed by atoms with Crippen molar-refractivity contribution in [1.82, 2.24) is 10.1 Å². The number of amides is 1. The predicted molar refractivity (Wildman–Crippen MR) is 99.3 cm³/mol. The molecule has 2 fully saturated rings. The topological polar surface area (TPSA) is 88.2 Å². The lowest BCUT2D eigenvalue weighted by atomic mass is 9.89. The molecule has 0 aromatic carbocycles. The minimum absolute atomic E-state index is 0.0298. The second-order valence-corrected chi connectivity index (χ2v) is 8.73. The zero-order valence-electron chi connectivity index (χ0n) is 16.4. The third-order valence-corrected chi connectivity index (χ3v) is 6.21. The second kappa shape index (κ2) is 6.93. The fourth-order valence-corrected chi connectivity index (χ4v) is 4.83. The summed E-state index contributed by atoms with van der Waals surface area (Å²) in [6, 6.07) is 1.63. The van der Waals surface area contributed by atoms with Gasteiger partial charge in [-0.25, -0.2) is 0 Å². The molecule has 1 aliphatic carbocycles. The Kier molecular flexibility index (Phi) is 4.74. The first-order valence-electron chi connectivity index (χ1n) is 10.1. The molecule has 3 heterocycles. The van der Waals surface area contributed by atoms with Crippen LogP contribution in [0.4, 0.5) is 0 Å². The molecule has 7 heteroatoms. The number of β-amino-alcohol motifs (C(OH)–C–C–N with tert-alkyl or cyclic N) is 1. The van der Waals surface area contributed by atoms with E-state index in [9.17, 15) is 9.90 Å². The molecule has 3 aliphatic rings. The van der Waals surface area contributed by atoms with Crippen LogP contribution in [0.25, 0.3) is 0 Å². The highest BCUT2D eigenvalue weighted by atomic mass is 16.7. The van der Waals surface area contributed by atoms with E-state index in [0.717, 1.165) is 30.7 Å². The van der Waals surface area contributed by atoms with Crippen LogP contribution in [0.15, 0.2) is 15.7 Å². The summed E-state index contributed by atoms with van der Waals surface area (Å²) >= 11 is 0. The lowest BCUT2D eigenvalue weighted by Crippen LogP contribution is -2.44. The summed E-state index contributed by atoms with van der Waals surface area (Å²) < 4.78 is 5.42. The maximum atomic E-state index is 13.5. The maximum absolute atomic E-state index is 13.5. The average molecular weight is 375 g/mol. The van der Waals surface area contributed by atoms with Gasteiger partial charge in [-0.2, -0.15) is 0 Å². The van der Waals surface area contributed by atoms with E-state index in [1.165, 1.54) is 12.8 Å². The molecule has 0 bridgehead atoms. The molecule has 1 amide bonds. The Morgan fingerprint density at radius 1 is 1.37 bits per heavy atom. The summed E-state index contributed by atoms with van der Waals surface area (Å²) in [5, 5.41) is 18.6. The van der Waals surface area contributed by atoms with Crippen molar-refractivity contribution in [3.63, 3.8) is 0 Å². The second-order valence-electron chi connectivity index (χ2n) is 8.73. The van der Waals surface area contributed by atoms with Crippen molar-refractivity contribution in [1.29, 1.82) is 0 Å². The number of hydrogen-bond donors (Lipinski definition) is 1. The number of carbonyl (C=O) groups excluding carboxylic acids is 1. The van der Waals surface area contributed by atoms with E-state index in [-0.39, 0.29) is 23.5 Å². The Morgan fingerprint density at radius 2 is 2.11 bits per heavy atom. The van der Waals surface area contributed by atoms with E-state index >= 15 is 0 Å². The van der Waals surface area contributed by atoms with Gasteiger partial charge in [0.05, 0.1) is 23.6 Å². The number of aryl methyl sites for hydroxylation is 1. The molecule has 0 unspecified atom stereocenters. The largest absolute Gasteiger partial charge is 0.391 e. The Hall–Kier alpha value is -1.89. The number of hydrogen-bond acceptors (Lipinski definition) is 6. The van der Waals surface area contributed by atoms with Gasteiger partial charge in [0.15, 0.2) is 0 Å². The summed E-state index contributed by atoms with van der Waals surface area (Å²) in [4.78, 5) is 21.1. The van der Waals surface area contributed by atoms with Crippen molar-refractivity contribution in [2.45, 2.75) is 83.0 Å². The van der Waals surface area contributed by atoms with Crippen LogP contribution in [-0.4, -0.2) is 51.1 Å². The minimum atomic E-state index is -0.536. The van der Waals surface area contributed by atoms with Gasteiger partial charge in [0, 0.05) is 25.5 Å². The standard InChI is InChI=1S/C20H29N3O4/c1-12(2)18(17-8-13(3)21-26-17)19(25)23-11-14(24)9-16(23)15-10-20(27-22-15)6-4-5-7-20/h8,12,14,16,18,24H,4-7,9-11H2,1-3H3/t14-,16+,18+/m1/s1. The highest BCUT2D eigenvalue weighted by Crippen LogP contribution is 2.42. The number of aliphatic hydroxyl groups excluding tert-OH is 1. The summed E-state index contributed by atoms with van der Waals surface area (Å²) in [6.45, 7) is 6.19. The minimum Gasteiger partial charge on any atom is -0.391 e. The molecule has 3 atom stereocenters. The van der Waals surface area contributed by atoms with Crippen molar-refractivity contribution >= 4 is 11.6 Å². The van der Waals surface area contributed by atoms with Gasteiger partial charge in [-0.15, -0.1) is 0 Å². The van der Waals surface area contributed by atoms with Crippen LogP contribution in [0.5, 0.6) is 0 Å². The van der Waals surface area contributed by atoms with Crippen LogP contribution >= 0.6 is 0 Å². The van der Waals surface area contributed by atoms with Crippen LogP contribution in [-0.2, 0) is 9.63 Å². The number of likely N-dealkylation sites (tertiary alicyclic amines) is 1. The molecular formula is C20H29N3O4. The molecule has 1 aromatic heterocycles. The lowest BCUT2D eigenvalue weighted by Gasteiger charge is -2.29. The van der Waals surface area contributed by atoms with E-state index in [4.69, 9.17) is 9.36 Å². The molecule has 7 nitrogen and oxygen atoms in total. The van der Waals surface area contributed by atoms with Crippen molar-refractivity contribution in [2.75, 3.05) is 6.54 Å². The highest BCUT2D eigenvalue weighted by Gasteiger charge is 2.48. The Bertz CT molecular complexity index is 735. The predicted octanol–water partition coefficient (Wildman–Crippen LogP) is 2.77. The monoisotopic (exact) mass is 375 g/mol. The highest BCUT2D eigenvalue weighted by molar-refractivity contribution is 5.96. The van der Waals surface area contributed by atoms with Gasteiger partial charge < -0.3 is 19.4 Å². The molecule has 4 rings (SSSR count). The number of oxime groups is 1. The van der Waals surface area contributed by atoms with Crippen LogP contribution in [0.2, 0.25) is 0 Å². The maximum Gasteiger partial charge on any atom is 0.234 e. The summed E-state index contributed by atoms with van der Waals surface area (Å²) in [5.74, 6) is 0.204. The van der Waals surface area contributed by atoms with Crippen molar-refractivity contribution in [3.05, 3.63) is 17.5 Å². The molecule has 0 radical (unpaired) electrons. The molecule has 1 aromatic rings. The molecule has 148 valence electrons. The molecule has 27 heavy (non-hydrogen) atoms. The number of aromatic nitrogens is 1. The summed E-state index contributed by atoms with van der Waals surface area (Å²) in [7, 11) is 0. The number of rotatable bonds is 4. The third kappa shape index (κ3) is 3.37. The van der Waals surface area contributed by atoms with Gasteiger partial charge in [0.1, 0.15) is 17.3 Å². The molecular weight excluding hydrogens is 346 g/mol. The van der Waals surface area contributed by atoms with Gasteiger partial charge in [-0.1, -0.05) is 24.2 Å². The Labute approximate surface area is 159 Å². The molecule has 2 aliphatic heterocycles. The average Bonchev–Trinajstić information content (AvgIpc) is 3.38. The summed E-state index contributed by atoms with van der Waals surface area (Å²) in [5.41, 5.74) is 1.49. The zero-order chi connectivity index (χ0) is 19.2. The first-order chi connectivity index (χ1) is 12.9. The van der Waals surface area contributed by atoms with E-state index in [1.54, 1.807) is 4.90 Å². The van der Waals surface area contributed by atoms with E-state index < -0.39 is 12.0 Å². The molecule has 1 saturated carbocycles. The van der Waals surface area contributed by atoms with Crippen molar-refractivity contribution in [2.24, 2.45) is 11.1 Å². The fourth-order valence-electron chi connectivity index (χ4n) is 4.83.